The highest BCUT2D eigenvalue weighted by Crippen LogP contribution is 2.32. The monoisotopic (exact) mass is 603 g/mol. The fourth-order valence-corrected chi connectivity index (χ4v) is 6.15. The van der Waals surface area contributed by atoms with Crippen LogP contribution in [0.1, 0.15) is 68.4 Å². The summed E-state index contributed by atoms with van der Waals surface area (Å²) in [5.74, 6) is 0.220. The molecule has 4 heterocycles. The Morgan fingerprint density at radius 3 is 2.77 bits per heavy atom. The zero-order valence-electron chi connectivity index (χ0n) is 24.0. The molecule has 0 saturated carbocycles. The number of aromatic amines is 2. The first kappa shape index (κ1) is 29.2. The van der Waals surface area contributed by atoms with Gasteiger partial charge in [0.05, 0.1) is 16.4 Å². The number of halogens is 2. The van der Waals surface area contributed by atoms with E-state index in [-0.39, 0.29) is 17.1 Å². The van der Waals surface area contributed by atoms with Crippen LogP contribution < -0.4 is 16.7 Å². The largest absolute Gasteiger partial charge is 0.354 e. The van der Waals surface area contributed by atoms with E-state index < -0.39 is 11.5 Å². The van der Waals surface area contributed by atoms with Gasteiger partial charge in [-0.2, -0.15) is 10.2 Å². The van der Waals surface area contributed by atoms with Crippen molar-refractivity contribution in [2.24, 2.45) is 5.73 Å². The van der Waals surface area contributed by atoms with Gasteiger partial charge in [-0.15, -0.1) is 10.2 Å². The van der Waals surface area contributed by atoms with E-state index in [0.29, 0.717) is 34.0 Å². The molecule has 43 heavy (non-hydrogen) atoms. The highest BCUT2D eigenvalue weighted by Gasteiger charge is 2.23. The first-order valence-corrected chi connectivity index (χ1v) is 15.2. The smallest absolute Gasteiger partial charge is 0.339 e. The van der Waals surface area contributed by atoms with Crippen LogP contribution in [0.5, 0.6) is 0 Å². The SMILES string of the molecule is C[C@H](N)CCCc1cc(Cl)c(F)c(-c2cc3cn(-c4ccc([C@@H]5CCC[C@@H](CCc6nn[nH]n6)N5)cc4)c(=O)nc3[nH]2)c1. The standard InChI is InChI=1S/C31H35ClFN9O/c1-18(34)4-2-5-19-14-24(29(33)25(32)15-19)27-16-21-17-42(31(43)37-30(21)36-27)23-11-8-20(9-12-23)26-7-3-6-22(35-26)10-13-28-38-40-41-39-28/h8-9,11-12,14-18,22,26,35H,2-7,10,13,34H2,1H3,(H,36,37,43)(H,38,39,40,41)/t18-,22-,26-/m0/s1. The van der Waals surface area contributed by atoms with E-state index in [1.54, 1.807) is 24.4 Å². The number of aryl methyl sites for hydroxylation is 2. The van der Waals surface area contributed by atoms with Crippen molar-refractivity contribution in [2.75, 3.05) is 0 Å². The van der Waals surface area contributed by atoms with Gasteiger partial charge in [0.15, 0.2) is 11.6 Å². The van der Waals surface area contributed by atoms with Gasteiger partial charge in [-0.1, -0.05) is 35.4 Å². The number of hydrogen-bond donors (Lipinski definition) is 4. The van der Waals surface area contributed by atoms with Gasteiger partial charge >= 0.3 is 5.69 Å². The van der Waals surface area contributed by atoms with Crippen molar-refractivity contribution >= 4 is 22.6 Å². The van der Waals surface area contributed by atoms with Crippen LogP contribution in [0.4, 0.5) is 4.39 Å². The molecule has 12 heteroatoms. The van der Waals surface area contributed by atoms with E-state index in [4.69, 9.17) is 17.3 Å². The second kappa shape index (κ2) is 12.7. The first-order valence-electron chi connectivity index (χ1n) is 14.8. The molecule has 0 unspecified atom stereocenters. The summed E-state index contributed by atoms with van der Waals surface area (Å²) in [7, 11) is 0. The highest BCUT2D eigenvalue weighted by atomic mass is 35.5. The number of H-pyrrole nitrogens is 2. The van der Waals surface area contributed by atoms with Crippen molar-refractivity contribution in [2.45, 2.75) is 76.4 Å². The van der Waals surface area contributed by atoms with Gasteiger partial charge in [-0.25, -0.2) is 9.18 Å². The average Bonchev–Trinajstić information content (AvgIpc) is 3.67. The quantitative estimate of drug-likeness (QED) is 0.172. The maximum Gasteiger partial charge on any atom is 0.354 e. The first-order chi connectivity index (χ1) is 20.8. The zero-order valence-corrected chi connectivity index (χ0v) is 24.7. The average molecular weight is 604 g/mol. The molecular formula is C31H35ClFN9O. The summed E-state index contributed by atoms with van der Waals surface area (Å²) >= 11 is 6.26. The molecule has 5 N–H and O–H groups in total. The van der Waals surface area contributed by atoms with Crippen LogP contribution in [0.3, 0.4) is 0 Å². The minimum Gasteiger partial charge on any atom is -0.339 e. The topological polar surface area (TPSA) is 143 Å². The molecule has 3 aromatic heterocycles. The Morgan fingerprint density at radius 1 is 1.16 bits per heavy atom. The van der Waals surface area contributed by atoms with Gasteiger partial charge in [0.1, 0.15) is 5.65 Å². The number of fused-ring (bicyclic) bond motifs is 1. The molecule has 10 nitrogen and oxygen atoms in total. The van der Waals surface area contributed by atoms with Crippen molar-refractivity contribution in [1.82, 2.24) is 40.5 Å². The number of hydrogen-bond acceptors (Lipinski definition) is 7. The summed E-state index contributed by atoms with van der Waals surface area (Å²) in [6, 6.07) is 14.0. The van der Waals surface area contributed by atoms with Crippen molar-refractivity contribution < 1.29 is 4.39 Å². The van der Waals surface area contributed by atoms with Gasteiger partial charge in [-0.05, 0) is 86.9 Å². The molecule has 1 saturated heterocycles. The molecule has 0 radical (unpaired) electrons. The van der Waals surface area contributed by atoms with E-state index in [2.05, 4.69) is 48.0 Å². The van der Waals surface area contributed by atoms with E-state index >= 15 is 4.39 Å². The lowest BCUT2D eigenvalue weighted by Gasteiger charge is -2.31. The van der Waals surface area contributed by atoms with Crippen molar-refractivity contribution in [3.63, 3.8) is 0 Å². The summed E-state index contributed by atoms with van der Waals surface area (Å²) in [5, 5.41) is 18.7. The van der Waals surface area contributed by atoms with Gasteiger partial charge in [-0.3, -0.25) is 4.57 Å². The Morgan fingerprint density at radius 2 is 2.00 bits per heavy atom. The fourth-order valence-electron chi connectivity index (χ4n) is 5.91. The maximum absolute atomic E-state index is 15.1. The Hall–Kier alpha value is -3.93. The summed E-state index contributed by atoms with van der Waals surface area (Å²) in [4.78, 5) is 20.4. The van der Waals surface area contributed by atoms with Gasteiger partial charge < -0.3 is 16.0 Å². The number of aromatic nitrogens is 7. The number of nitrogens with zero attached hydrogens (tertiary/aromatic N) is 5. The van der Waals surface area contributed by atoms with Crippen molar-refractivity contribution in [3.05, 3.63) is 86.9 Å². The minimum atomic E-state index is -0.511. The molecule has 6 rings (SSSR count). The summed E-state index contributed by atoms with van der Waals surface area (Å²) < 4.78 is 16.6. The van der Waals surface area contributed by atoms with Gasteiger partial charge in [0.25, 0.3) is 0 Å². The van der Waals surface area contributed by atoms with Crippen LogP contribution in [-0.4, -0.2) is 47.2 Å². The Balaban J connectivity index is 1.20. The third kappa shape index (κ3) is 6.69. The molecule has 1 fully saturated rings. The highest BCUT2D eigenvalue weighted by molar-refractivity contribution is 6.31. The lowest BCUT2D eigenvalue weighted by molar-refractivity contribution is 0.311. The number of nitrogens with one attached hydrogen (secondary N) is 3. The van der Waals surface area contributed by atoms with Crippen LogP contribution >= 0.6 is 11.6 Å². The molecule has 5 aromatic rings. The molecule has 1 aliphatic heterocycles. The van der Waals surface area contributed by atoms with Gasteiger partial charge in [0.2, 0.25) is 0 Å². The molecular weight excluding hydrogens is 569 g/mol. The molecule has 0 aliphatic carbocycles. The van der Waals surface area contributed by atoms with E-state index in [1.165, 1.54) is 10.1 Å². The van der Waals surface area contributed by atoms with Crippen molar-refractivity contribution in [1.29, 1.82) is 0 Å². The summed E-state index contributed by atoms with van der Waals surface area (Å²) in [6.07, 6.45) is 9.24. The number of benzene rings is 2. The number of tetrazole rings is 1. The minimum absolute atomic E-state index is 0.0605. The third-order valence-electron chi connectivity index (χ3n) is 8.17. The molecule has 1 aliphatic rings. The maximum atomic E-state index is 15.1. The predicted octanol–water partition coefficient (Wildman–Crippen LogP) is 5.17. The van der Waals surface area contributed by atoms with Gasteiger partial charge in [0, 0.05) is 41.7 Å². The Bertz CT molecular complexity index is 1750. The third-order valence-corrected chi connectivity index (χ3v) is 8.45. The predicted molar refractivity (Wildman–Crippen MR) is 165 cm³/mol. The van der Waals surface area contributed by atoms with Crippen LogP contribution in [0, 0.1) is 5.82 Å². The molecule has 0 bridgehead atoms. The summed E-state index contributed by atoms with van der Waals surface area (Å²) in [5.41, 5.74) is 9.52. The van der Waals surface area contributed by atoms with Crippen LogP contribution in [0.25, 0.3) is 28.0 Å². The lowest BCUT2D eigenvalue weighted by Crippen LogP contribution is -2.37. The van der Waals surface area contributed by atoms with E-state index in [0.717, 1.165) is 62.8 Å². The Kier molecular flexibility index (Phi) is 8.64. The fraction of sp³-hybridized carbons (Fsp3) is 0.387. The van der Waals surface area contributed by atoms with Crippen LogP contribution in [-0.2, 0) is 12.8 Å². The second-order valence-corrected chi connectivity index (χ2v) is 11.9. The van der Waals surface area contributed by atoms with Crippen LogP contribution in [0.15, 0.2) is 53.5 Å². The molecule has 2 aromatic carbocycles. The zero-order chi connectivity index (χ0) is 29.9. The second-order valence-electron chi connectivity index (χ2n) is 11.5. The molecule has 0 amide bonds. The summed E-state index contributed by atoms with van der Waals surface area (Å²) in [6.45, 7) is 1.97. The molecule has 3 atom stereocenters. The number of rotatable bonds is 10. The normalized spacial score (nSPS) is 17.9. The van der Waals surface area contributed by atoms with E-state index in [9.17, 15) is 4.79 Å². The number of piperidine rings is 1. The number of nitrogens with two attached hydrogens (primary N) is 1. The Labute approximate surface area is 253 Å². The van der Waals surface area contributed by atoms with Crippen molar-refractivity contribution in [3.8, 4) is 16.9 Å². The molecule has 224 valence electrons. The molecule has 0 spiro atoms. The lowest BCUT2D eigenvalue weighted by atomic mass is 9.91. The van der Waals surface area contributed by atoms with Crippen LogP contribution in [0.2, 0.25) is 5.02 Å². The van der Waals surface area contributed by atoms with E-state index in [1.807, 2.05) is 19.1 Å².